The van der Waals surface area contributed by atoms with Gasteiger partial charge in [-0.2, -0.15) is 0 Å². The predicted molar refractivity (Wildman–Crippen MR) is 85.1 cm³/mol. The van der Waals surface area contributed by atoms with Crippen molar-refractivity contribution >= 4 is 31.9 Å². The zero-order chi connectivity index (χ0) is 14.1. The van der Waals surface area contributed by atoms with Gasteiger partial charge in [0.15, 0.2) is 0 Å². The highest BCUT2D eigenvalue weighted by atomic mass is 79.9. The van der Waals surface area contributed by atoms with Gasteiger partial charge in [-0.15, -0.1) is 0 Å². The lowest BCUT2D eigenvalue weighted by atomic mass is 10.0. The second-order valence-electron chi connectivity index (χ2n) is 4.88. The molecule has 0 spiro atoms. The molecule has 2 aromatic carbocycles. The van der Waals surface area contributed by atoms with Crippen LogP contribution in [0.2, 0.25) is 0 Å². The molecule has 3 rings (SSSR count). The Morgan fingerprint density at radius 2 is 2.10 bits per heavy atom. The molecule has 20 heavy (non-hydrogen) atoms. The molecule has 1 aliphatic rings. The summed E-state index contributed by atoms with van der Waals surface area (Å²) in [7, 11) is 0. The van der Waals surface area contributed by atoms with Gasteiger partial charge in [-0.05, 0) is 41.8 Å². The van der Waals surface area contributed by atoms with Crippen molar-refractivity contribution in [1.82, 2.24) is 0 Å². The van der Waals surface area contributed by atoms with E-state index in [9.17, 15) is 4.39 Å². The fourth-order valence-electron chi connectivity index (χ4n) is 2.51. The molecule has 4 heteroatoms. The van der Waals surface area contributed by atoms with E-state index in [2.05, 4.69) is 44.0 Å². The highest BCUT2D eigenvalue weighted by molar-refractivity contribution is 9.10. The molecule has 0 aliphatic carbocycles. The summed E-state index contributed by atoms with van der Waals surface area (Å²) in [5.41, 5.74) is 3.33. The quantitative estimate of drug-likeness (QED) is 0.644. The number of hydrogen-bond donors (Lipinski definition) is 0. The van der Waals surface area contributed by atoms with Crippen LogP contribution in [-0.2, 0) is 12.8 Å². The summed E-state index contributed by atoms with van der Waals surface area (Å²) < 4.78 is 20.1. The maximum absolute atomic E-state index is 13.3. The van der Waals surface area contributed by atoms with Crippen molar-refractivity contribution in [3.05, 3.63) is 63.4 Å². The Kier molecular flexibility index (Phi) is 4.13. The third kappa shape index (κ3) is 2.91. The van der Waals surface area contributed by atoms with Crippen LogP contribution in [0.5, 0.6) is 5.75 Å². The Bertz CT molecular complexity index is 642. The Hall–Kier alpha value is -0.870. The number of benzene rings is 2. The van der Waals surface area contributed by atoms with Crippen molar-refractivity contribution in [2.24, 2.45) is 0 Å². The van der Waals surface area contributed by atoms with Crippen molar-refractivity contribution in [3.8, 4) is 5.75 Å². The Morgan fingerprint density at radius 3 is 2.90 bits per heavy atom. The topological polar surface area (TPSA) is 9.23 Å². The van der Waals surface area contributed by atoms with E-state index in [1.807, 2.05) is 6.07 Å². The first-order valence-corrected chi connectivity index (χ1v) is 8.18. The third-order valence-corrected chi connectivity index (χ3v) is 4.69. The fourth-order valence-corrected chi connectivity index (χ4v) is 3.75. The number of rotatable bonds is 3. The van der Waals surface area contributed by atoms with Crippen LogP contribution in [-0.4, -0.2) is 6.61 Å². The maximum Gasteiger partial charge on any atom is 0.127 e. The predicted octanol–water partition coefficient (Wildman–Crippen LogP) is 5.20. The van der Waals surface area contributed by atoms with E-state index < -0.39 is 0 Å². The van der Waals surface area contributed by atoms with E-state index in [0.29, 0.717) is 0 Å². The van der Waals surface area contributed by atoms with Gasteiger partial charge in [-0.3, -0.25) is 0 Å². The Balaban J connectivity index is 1.89. The van der Waals surface area contributed by atoms with Gasteiger partial charge in [-0.25, -0.2) is 4.39 Å². The number of hydrogen-bond acceptors (Lipinski definition) is 1. The molecule has 0 saturated heterocycles. The molecule has 1 heterocycles. The first kappa shape index (κ1) is 14.1. The molecule has 1 nitrogen and oxygen atoms in total. The molecule has 2 aromatic rings. The van der Waals surface area contributed by atoms with Crippen LogP contribution in [0.25, 0.3) is 0 Å². The van der Waals surface area contributed by atoms with Crippen molar-refractivity contribution in [1.29, 1.82) is 0 Å². The lowest BCUT2D eigenvalue weighted by Crippen LogP contribution is -1.99. The standard InChI is InChI=1S/C16H13Br2FO/c17-12-8-11-4-5-20-16(11)14(9-12)15(18)7-10-2-1-3-13(19)6-10/h1-3,6,8-9,15H,4-5,7H2. The highest BCUT2D eigenvalue weighted by Gasteiger charge is 2.22. The molecule has 0 radical (unpaired) electrons. The van der Waals surface area contributed by atoms with Crippen molar-refractivity contribution in [3.63, 3.8) is 0 Å². The Morgan fingerprint density at radius 1 is 1.25 bits per heavy atom. The zero-order valence-electron chi connectivity index (χ0n) is 10.7. The first-order chi connectivity index (χ1) is 9.63. The summed E-state index contributed by atoms with van der Waals surface area (Å²) in [5.74, 6) is 0.782. The lowest BCUT2D eigenvalue weighted by Gasteiger charge is -2.15. The van der Waals surface area contributed by atoms with Crippen LogP contribution in [0, 0.1) is 5.82 Å². The molecule has 0 aromatic heterocycles. The minimum Gasteiger partial charge on any atom is -0.493 e. The summed E-state index contributed by atoms with van der Waals surface area (Å²) >= 11 is 7.26. The van der Waals surface area contributed by atoms with Gasteiger partial charge >= 0.3 is 0 Å². The molecule has 104 valence electrons. The largest absolute Gasteiger partial charge is 0.493 e. The number of fused-ring (bicyclic) bond motifs is 1. The van der Waals surface area contributed by atoms with Gasteiger partial charge in [0.2, 0.25) is 0 Å². The smallest absolute Gasteiger partial charge is 0.127 e. The molecule has 0 bridgehead atoms. The molecular weight excluding hydrogens is 387 g/mol. The maximum atomic E-state index is 13.3. The molecule has 1 aliphatic heterocycles. The van der Waals surface area contributed by atoms with Crippen LogP contribution >= 0.6 is 31.9 Å². The minimum absolute atomic E-state index is 0.105. The second kappa shape index (κ2) is 5.86. The van der Waals surface area contributed by atoms with Crippen molar-refractivity contribution in [2.45, 2.75) is 17.7 Å². The van der Waals surface area contributed by atoms with Crippen LogP contribution in [0.15, 0.2) is 40.9 Å². The van der Waals surface area contributed by atoms with E-state index in [1.165, 1.54) is 11.6 Å². The van der Waals surface area contributed by atoms with Crippen LogP contribution in [0.3, 0.4) is 0 Å². The molecule has 1 atom stereocenters. The first-order valence-electron chi connectivity index (χ1n) is 6.47. The van der Waals surface area contributed by atoms with E-state index in [0.717, 1.165) is 40.8 Å². The van der Waals surface area contributed by atoms with E-state index in [4.69, 9.17) is 4.74 Å². The summed E-state index contributed by atoms with van der Waals surface area (Å²) in [6.07, 6.45) is 1.67. The van der Waals surface area contributed by atoms with Gasteiger partial charge in [-0.1, -0.05) is 44.0 Å². The average Bonchev–Trinajstić information content (AvgIpc) is 2.85. The van der Waals surface area contributed by atoms with Gasteiger partial charge in [0.05, 0.1) is 6.61 Å². The summed E-state index contributed by atoms with van der Waals surface area (Å²) in [4.78, 5) is 0.105. The lowest BCUT2D eigenvalue weighted by molar-refractivity contribution is 0.353. The summed E-state index contributed by atoms with van der Waals surface area (Å²) in [6.45, 7) is 0.735. The van der Waals surface area contributed by atoms with Gasteiger partial charge in [0.25, 0.3) is 0 Å². The Labute approximate surface area is 134 Å². The summed E-state index contributed by atoms with van der Waals surface area (Å²) in [5, 5.41) is 0. The van der Waals surface area contributed by atoms with E-state index >= 15 is 0 Å². The van der Waals surface area contributed by atoms with Gasteiger partial charge in [0, 0.05) is 21.3 Å². The molecular formula is C16H13Br2FO. The summed E-state index contributed by atoms with van der Waals surface area (Å²) in [6, 6.07) is 10.9. The van der Waals surface area contributed by atoms with E-state index in [1.54, 1.807) is 12.1 Å². The monoisotopic (exact) mass is 398 g/mol. The molecule has 0 fully saturated rings. The minimum atomic E-state index is -0.196. The zero-order valence-corrected chi connectivity index (χ0v) is 13.9. The highest BCUT2D eigenvalue weighted by Crippen LogP contribution is 2.40. The van der Waals surface area contributed by atoms with Crippen LogP contribution < -0.4 is 4.74 Å². The van der Waals surface area contributed by atoms with Gasteiger partial charge < -0.3 is 4.74 Å². The third-order valence-electron chi connectivity index (χ3n) is 3.42. The average molecular weight is 400 g/mol. The van der Waals surface area contributed by atoms with Crippen LogP contribution in [0.4, 0.5) is 4.39 Å². The number of halogens is 3. The van der Waals surface area contributed by atoms with E-state index in [-0.39, 0.29) is 10.6 Å². The van der Waals surface area contributed by atoms with Gasteiger partial charge in [0.1, 0.15) is 11.6 Å². The molecule has 0 amide bonds. The number of alkyl halides is 1. The molecule has 0 N–H and O–H groups in total. The van der Waals surface area contributed by atoms with Crippen molar-refractivity contribution < 1.29 is 9.13 Å². The second-order valence-corrected chi connectivity index (χ2v) is 6.90. The SMILES string of the molecule is Fc1cccc(CC(Br)c2cc(Br)cc3c2OCC3)c1. The molecule has 0 saturated carbocycles. The number of ether oxygens (including phenoxy) is 1. The van der Waals surface area contributed by atoms with Crippen LogP contribution in [0.1, 0.15) is 21.5 Å². The normalized spacial score (nSPS) is 14.8. The van der Waals surface area contributed by atoms with Crippen molar-refractivity contribution in [2.75, 3.05) is 6.61 Å². The fraction of sp³-hybridized carbons (Fsp3) is 0.250. The molecule has 1 unspecified atom stereocenters.